The van der Waals surface area contributed by atoms with Crippen LogP contribution in [0.1, 0.15) is 25.0 Å². The number of H-pyrrole nitrogens is 1. The Hall–Kier alpha value is -3.62. The molecule has 0 saturated carbocycles. The summed E-state index contributed by atoms with van der Waals surface area (Å²) < 4.78 is 40.5. The Morgan fingerprint density at radius 2 is 1.86 bits per heavy atom. The highest BCUT2D eigenvalue weighted by molar-refractivity contribution is 7.90. The fourth-order valence-electron chi connectivity index (χ4n) is 4.30. The van der Waals surface area contributed by atoms with Gasteiger partial charge in [0.15, 0.2) is 5.65 Å². The van der Waals surface area contributed by atoms with Gasteiger partial charge in [-0.05, 0) is 57.2 Å². The molecule has 0 aliphatic carbocycles. The molecule has 0 spiro atoms. The van der Waals surface area contributed by atoms with Crippen molar-refractivity contribution in [2.45, 2.75) is 38.4 Å². The molecule has 1 N–H and O–H groups in total. The molecule has 0 aliphatic heterocycles. The van der Waals surface area contributed by atoms with Gasteiger partial charge in [-0.1, -0.05) is 17.7 Å². The second kappa shape index (κ2) is 8.87. The summed E-state index contributed by atoms with van der Waals surface area (Å²) in [6.07, 6.45) is 3.44. The number of rotatable bonds is 7. The Morgan fingerprint density at radius 1 is 1.09 bits per heavy atom. The van der Waals surface area contributed by atoms with Gasteiger partial charge < -0.3 is 14.5 Å². The van der Waals surface area contributed by atoms with E-state index in [1.54, 1.807) is 43.6 Å². The van der Waals surface area contributed by atoms with Crippen LogP contribution < -0.4 is 4.74 Å². The van der Waals surface area contributed by atoms with Crippen molar-refractivity contribution in [3.8, 4) is 17.0 Å². The molecule has 0 unspecified atom stereocenters. The first-order valence-electron chi connectivity index (χ1n) is 11.4. The van der Waals surface area contributed by atoms with Crippen LogP contribution in [0.15, 0.2) is 71.9 Å². The van der Waals surface area contributed by atoms with Crippen molar-refractivity contribution < 1.29 is 17.9 Å². The van der Waals surface area contributed by atoms with Gasteiger partial charge >= 0.3 is 0 Å². The molecule has 0 radical (unpaired) electrons. The lowest BCUT2D eigenvalue weighted by Crippen LogP contribution is -2.14. The number of pyridine rings is 1. The molecular weight excluding hydrogens is 462 g/mol. The normalized spacial score (nSPS) is 12.1. The van der Waals surface area contributed by atoms with Crippen LogP contribution in [0.2, 0.25) is 0 Å². The molecule has 5 rings (SSSR count). The Labute approximate surface area is 204 Å². The minimum absolute atomic E-state index is 0.00532. The number of aromatic nitrogens is 3. The molecular formula is C27H27N3O4S. The van der Waals surface area contributed by atoms with E-state index in [0.717, 1.165) is 38.7 Å². The van der Waals surface area contributed by atoms with Gasteiger partial charge in [0.2, 0.25) is 0 Å². The first-order valence-corrected chi connectivity index (χ1v) is 12.8. The van der Waals surface area contributed by atoms with E-state index >= 15 is 0 Å². The zero-order chi connectivity index (χ0) is 24.7. The quantitative estimate of drug-likeness (QED) is 0.319. The SMILES string of the molecule is COCc1cc2c(-c3cc4cccnc4n3S(=O)(=O)c3ccc(C)cc3)c[nH]c2cc1OC(C)C. The molecule has 2 aromatic carbocycles. The zero-order valence-corrected chi connectivity index (χ0v) is 20.9. The number of methoxy groups -OCH3 is 1. The Balaban J connectivity index is 1.77. The average molecular weight is 490 g/mol. The van der Waals surface area contributed by atoms with E-state index in [1.807, 2.05) is 51.2 Å². The molecule has 35 heavy (non-hydrogen) atoms. The van der Waals surface area contributed by atoms with Gasteiger partial charge in [-0.15, -0.1) is 0 Å². The van der Waals surface area contributed by atoms with Crippen molar-refractivity contribution in [2.24, 2.45) is 0 Å². The van der Waals surface area contributed by atoms with Crippen molar-refractivity contribution in [3.05, 3.63) is 78.1 Å². The van der Waals surface area contributed by atoms with Gasteiger partial charge in [-0.3, -0.25) is 0 Å². The summed E-state index contributed by atoms with van der Waals surface area (Å²) in [7, 11) is -2.28. The third kappa shape index (κ3) is 4.09. The molecule has 5 aromatic rings. The van der Waals surface area contributed by atoms with Gasteiger partial charge in [0.1, 0.15) is 5.75 Å². The first kappa shape index (κ1) is 23.1. The van der Waals surface area contributed by atoms with Crippen molar-refractivity contribution in [3.63, 3.8) is 0 Å². The second-order valence-corrected chi connectivity index (χ2v) is 10.6. The van der Waals surface area contributed by atoms with Gasteiger partial charge in [0.25, 0.3) is 10.0 Å². The van der Waals surface area contributed by atoms with E-state index in [1.165, 1.54) is 3.97 Å². The molecule has 7 nitrogen and oxygen atoms in total. The summed E-state index contributed by atoms with van der Waals surface area (Å²) >= 11 is 0. The monoisotopic (exact) mass is 489 g/mol. The van der Waals surface area contributed by atoms with E-state index in [2.05, 4.69) is 9.97 Å². The summed E-state index contributed by atoms with van der Waals surface area (Å²) in [5, 5.41) is 1.61. The van der Waals surface area contributed by atoms with Crippen LogP contribution >= 0.6 is 0 Å². The van der Waals surface area contributed by atoms with Gasteiger partial charge in [0.05, 0.1) is 23.3 Å². The second-order valence-electron chi connectivity index (χ2n) is 8.84. The summed E-state index contributed by atoms with van der Waals surface area (Å²) in [5.74, 6) is 0.734. The Bertz CT molecular complexity index is 1630. The number of nitrogens with one attached hydrogen (secondary N) is 1. The number of aromatic amines is 1. The highest BCUT2D eigenvalue weighted by Crippen LogP contribution is 2.38. The molecule has 180 valence electrons. The third-order valence-electron chi connectivity index (χ3n) is 5.88. The summed E-state index contributed by atoms with van der Waals surface area (Å²) in [5.41, 5.74) is 4.38. The number of fused-ring (bicyclic) bond motifs is 2. The summed E-state index contributed by atoms with van der Waals surface area (Å²) in [6, 6.07) is 16.3. The molecule has 3 heterocycles. The molecule has 8 heteroatoms. The van der Waals surface area contributed by atoms with E-state index < -0.39 is 10.0 Å². The van der Waals surface area contributed by atoms with Crippen LogP contribution in [-0.2, 0) is 21.4 Å². The molecule has 0 atom stereocenters. The van der Waals surface area contributed by atoms with Crippen LogP contribution in [0, 0.1) is 6.92 Å². The lowest BCUT2D eigenvalue weighted by molar-refractivity contribution is 0.175. The van der Waals surface area contributed by atoms with Crippen LogP contribution in [0.25, 0.3) is 33.2 Å². The van der Waals surface area contributed by atoms with E-state index in [4.69, 9.17) is 9.47 Å². The largest absolute Gasteiger partial charge is 0.491 e. The summed E-state index contributed by atoms with van der Waals surface area (Å²) in [6.45, 7) is 6.24. The standard InChI is InChI=1S/C27H27N3O4S/c1-17(2)34-26-14-24-22(12-20(26)16-33-4)23(15-29-24)25-13-19-6-5-11-28-27(19)30(25)35(31,32)21-9-7-18(3)8-10-21/h5-15,17,29H,16H2,1-4H3. The maximum atomic E-state index is 13.9. The number of benzene rings is 2. The highest BCUT2D eigenvalue weighted by atomic mass is 32.2. The van der Waals surface area contributed by atoms with E-state index in [9.17, 15) is 8.42 Å². The van der Waals surface area contributed by atoms with Crippen LogP contribution in [0.3, 0.4) is 0 Å². The fraction of sp³-hybridized carbons (Fsp3) is 0.222. The number of hydrogen-bond donors (Lipinski definition) is 1. The average Bonchev–Trinajstić information content (AvgIpc) is 3.40. The maximum Gasteiger partial charge on any atom is 0.269 e. The number of ether oxygens (including phenoxy) is 2. The first-order chi connectivity index (χ1) is 16.8. The highest BCUT2D eigenvalue weighted by Gasteiger charge is 2.26. The van der Waals surface area contributed by atoms with Crippen LogP contribution in [-0.4, -0.2) is 35.6 Å². The van der Waals surface area contributed by atoms with Crippen molar-refractivity contribution in [1.82, 2.24) is 13.9 Å². The predicted molar refractivity (Wildman–Crippen MR) is 137 cm³/mol. The zero-order valence-electron chi connectivity index (χ0n) is 20.1. The van der Waals surface area contributed by atoms with E-state index in [0.29, 0.717) is 17.9 Å². The smallest absolute Gasteiger partial charge is 0.269 e. The maximum absolute atomic E-state index is 13.9. The predicted octanol–water partition coefficient (Wildman–Crippen LogP) is 5.66. The molecule has 0 aliphatic rings. The Kier molecular flexibility index (Phi) is 5.86. The van der Waals surface area contributed by atoms with Crippen molar-refractivity contribution in [2.75, 3.05) is 7.11 Å². The minimum atomic E-state index is -3.92. The lowest BCUT2D eigenvalue weighted by atomic mass is 10.1. The van der Waals surface area contributed by atoms with Crippen molar-refractivity contribution in [1.29, 1.82) is 0 Å². The number of aryl methyl sites for hydroxylation is 1. The van der Waals surface area contributed by atoms with Gasteiger partial charge in [-0.2, -0.15) is 0 Å². The minimum Gasteiger partial charge on any atom is -0.491 e. The lowest BCUT2D eigenvalue weighted by Gasteiger charge is -2.15. The fourth-order valence-corrected chi connectivity index (χ4v) is 5.78. The number of nitrogens with zero attached hydrogens (tertiary/aromatic N) is 2. The topological polar surface area (TPSA) is 86.2 Å². The van der Waals surface area contributed by atoms with Gasteiger partial charge in [0, 0.05) is 53.0 Å². The third-order valence-corrected chi connectivity index (χ3v) is 7.60. The molecule has 0 amide bonds. The van der Waals surface area contributed by atoms with Crippen LogP contribution in [0.5, 0.6) is 5.75 Å². The van der Waals surface area contributed by atoms with Crippen molar-refractivity contribution >= 4 is 32.0 Å². The molecule has 0 fully saturated rings. The van der Waals surface area contributed by atoms with Gasteiger partial charge in [-0.25, -0.2) is 17.4 Å². The summed E-state index contributed by atoms with van der Waals surface area (Å²) in [4.78, 5) is 7.93. The number of hydrogen-bond acceptors (Lipinski definition) is 5. The molecule has 3 aromatic heterocycles. The molecule has 0 saturated heterocycles. The van der Waals surface area contributed by atoms with E-state index in [-0.39, 0.29) is 11.0 Å². The Morgan fingerprint density at radius 3 is 2.57 bits per heavy atom. The van der Waals surface area contributed by atoms with Crippen LogP contribution in [0.4, 0.5) is 0 Å². The molecule has 0 bridgehead atoms.